The molecule has 0 bridgehead atoms. The summed E-state index contributed by atoms with van der Waals surface area (Å²) in [7, 11) is 0. The van der Waals surface area contributed by atoms with E-state index in [0.29, 0.717) is 13.1 Å². The van der Waals surface area contributed by atoms with Crippen LogP contribution in [0.15, 0.2) is 36.4 Å². The highest BCUT2D eigenvalue weighted by molar-refractivity contribution is 7.09. The molecule has 0 aliphatic carbocycles. The molecule has 1 saturated heterocycles. The lowest BCUT2D eigenvalue weighted by Crippen LogP contribution is -2.34. The van der Waals surface area contributed by atoms with Gasteiger partial charge in [0.05, 0.1) is 18.3 Å². The maximum absolute atomic E-state index is 14.4. The average Bonchev–Trinajstić information content (AvgIpc) is 3.57. The van der Waals surface area contributed by atoms with Gasteiger partial charge in [-0.25, -0.2) is 9.37 Å². The number of aliphatic hydroxyl groups excluding tert-OH is 1. The van der Waals surface area contributed by atoms with E-state index < -0.39 is 5.82 Å². The van der Waals surface area contributed by atoms with Gasteiger partial charge in [0.25, 0.3) is 0 Å². The second-order valence-corrected chi connectivity index (χ2v) is 9.13. The lowest BCUT2D eigenvalue weighted by Gasteiger charge is -2.22. The van der Waals surface area contributed by atoms with E-state index in [1.165, 1.54) is 17.6 Å². The number of aryl methyl sites for hydroxylation is 1. The van der Waals surface area contributed by atoms with Crippen molar-refractivity contribution >= 4 is 34.5 Å². The quantitative estimate of drug-likeness (QED) is 0.578. The number of benzene rings is 2. The van der Waals surface area contributed by atoms with Crippen LogP contribution in [0.25, 0.3) is 10.6 Å². The van der Waals surface area contributed by atoms with E-state index in [0.717, 1.165) is 59.1 Å². The Bertz CT molecular complexity index is 1180. The fourth-order valence-corrected chi connectivity index (χ4v) is 5.25. The predicted octanol–water partition coefficient (Wildman–Crippen LogP) is 3.48. The van der Waals surface area contributed by atoms with Crippen LogP contribution < -0.4 is 15.1 Å². The molecule has 0 radical (unpaired) electrons. The zero-order valence-electron chi connectivity index (χ0n) is 18.4. The van der Waals surface area contributed by atoms with Gasteiger partial charge >= 0.3 is 0 Å². The van der Waals surface area contributed by atoms with Crippen molar-refractivity contribution < 1.29 is 14.3 Å². The minimum Gasteiger partial charge on any atom is -0.391 e. The summed E-state index contributed by atoms with van der Waals surface area (Å²) >= 11 is 1.28. The van der Waals surface area contributed by atoms with Gasteiger partial charge in [-0.15, -0.1) is 0 Å². The summed E-state index contributed by atoms with van der Waals surface area (Å²) < 4.78 is 18.7. The molecule has 1 aromatic heterocycles. The van der Waals surface area contributed by atoms with Gasteiger partial charge in [-0.05, 0) is 54.7 Å². The maximum atomic E-state index is 14.4. The monoisotopic (exact) mass is 467 g/mol. The molecule has 1 amide bonds. The van der Waals surface area contributed by atoms with E-state index in [4.69, 9.17) is 0 Å². The highest BCUT2D eigenvalue weighted by atomic mass is 32.1. The molecule has 1 atom stereocenters. The third-order valence-electron chi connectivity index (χ3n) is 6.24. The van der Waals surface area contributed by atoms with Gasteiger partial charge in [0, 0.05) is 48.6 Å². The largest absolute Gasteiger partial charge is 0.391 e. The van der Waals surface area contributed by atoms with Crippen molar-refractivity contribution in [3.63, 3.8) is 0 Å². The van der Waals surface area contributed by atoms with Gasteiger partial charge in [-0.2, -0.15) is 4.37 Å². The lowest BCUT2D eigenvalue weighted by molar-refractivity contribution is -0.116. The molecule has 0 spiro atoms. The van der Waals surface area contributed by atoms with Crippen molar-refractivity contribution in [2.24, 2.45) is 0 Å². The molecular weight excluding hydrogens is 441 g/mol. The van der Waals surface area contributed by atoms with Gasteiger partial charge in [0.2, 0.25) is 5.91 Å². The molecule has 3 heterocycles. The topological polar surface area (TPSA) is 81.6 Å². The Morgan fingerprint density at radius 1 is 1.27 bits per heavy atom. The summed E-state index contributed by atoms with van der Waals surface area (Å²) in [6, 6.07) is 10.7. The molecule has 1 unspecified atom stereocenters. The third-order valence-corrected chi connectivity index (χ3v) is 7.04. The van der Waals surface area contributed by atoms with Crippen LogP contribution in [0, 0.1) is 5.82 Å². The minimum atomic E-state index is -0.413. The van der Waals surface area contributed by atoms with Crippen molar-refractivity contribution in [2.75, 3.05) is 41.3 Å². The molecule has 1 fully saturated rings. The molecule has 2 aliphatic heterocycles. The fourth-order valence-electron chi connectivity index (χ4n) is 4.51. The Balaban J connectivity index is 1.30. The number of aliphatic hydroxyl groups is 1. The van der Waals surface area contributed by atoms with Crippen molar-refractivity contribution in [3.05, 3.63) is 53.6 Å². The van der Waals surface area contributed by atoms with Crippen LogP contribution in [0.3, 0.4) is 0 Å². The first kappa shape index (κ1) is 21.8. The van der Waals surface area contributed by atoms with Crippen LogP contribution in [-0.2, 0) is 17.6 Å². The molecule has 0 saturated carbocycles. The Labute approximate surface area is 196 Å². The number of carbonyl (C=O) groups is 1. The van der Waals surface area contributed by atoms with Crippen molar-refractivity contribution in [2.45, 2.75) is 32.3 Å². The molecule has 2 aliphatic rings. The normalized spacial score (nSPS) is 17.5. The highest BCUT2D eigenvalue weighted by Crippen LogP contribution is 2.37. The molecule has 2 N–H and O–H groups in total. The molecule has 3 aromatic rings. The van der Waals surface area contributed by atoms with Gasteiger partial charge in [0.1, 0.15) is 16.6 Å². The van der Waals surface area contributed by atoms with Crippen molar-refractivity contribution in [1.82, 2.24) is 9.36 Å². The number of hydrogen-bond acceptors (Lipinski definition) is 7. The van der Waals surface area contributed by atoms with E-state index in [-0.39, 0.29) is 24.2 Å². The number of hydrogen-bond donors (Lipinski definition) is 2. The van der Waals surface area contributed by atoms with E-state index in [2.05, 4.69) is 25.6 Å². The van der Waals surface area contributed by atoms with Crippen molar-refractivity contribution in [3.8, 4) is 10.6 Å². The zero-order valence-corrected chi connectivity index (χ0v) is 19.2. The standard InChI is InChI=1S/C24H26FN5O2S/c1-2-22-27-24(33-28-22)15-6-7-18(25)19(12-15)26-13-23(32)30-11-9-17-20(4-3-5-21(17)30)29-10-8-16(31)14-29/h3-7,12,16,26,31H,2,8-11,13-14H2,1H3. The molecule has 7 nitrogen and oxygen atoms in total. The second kappa shape index (κ2) is 9.07. The number of anilines is 3. The minimum absolute atomic E-state index is 0.0111. The van der Waals surface area contributed by atoms with Gasteiger partial charge < -0.3 is 20.2 Å². The zero-order chi connectivity index (χ0) is 22.9. The van der Waals surface area contributed by atoms with E-state index >= 15 is 0 Å². The smallest absolute Gasteiger partial charge is 0.246 e. The number of carbonyl (C=O) groups excluding carboxylic acids is 1. The number of fused-ring (bicyclic) bond motifs is 1. The first-order valence-corrected chi connectivity index (χ1v) is 12.0. The molecule has 172 valence electrons. The summed E-state index contributed by atoms with van der Waals surface area (Å²) in [4.78, 5) is 21.5. The number of aromatic nitrogens is 2. The summed E-state index contributed by atoms with van der Waals surface area (Å²) in [6.45, 7) is 4.01. The van der Waals surface area contributed by atoms with E-state index in [1.807, 2.05) is 19.1 Å². The lowest BCUT2D eigenvalue weighted by atomic mass is 10.1. The summed E-state index contributed by atoms with van der Waals surface area (Å²) in [5.74, 6) is 0.240. The van der Waals surface area contributed by atoms with E-state index in [1.54, 1.807) is 17.0 Å². The number of β-amino-alcohol motifs (C(OH)–C–C–N with tert-alkyl or cyclic N) is 1. The molecule has 33 heavy (non-hydrogen) atoms. The first-order chi connectivity index (χ1) is 16.0. The van der Waals surface area contributed by atoms with Gasteiger partial charge in [-0.3, -0.25) is 4.79 Å². The summed E-state index contributed by atoms with van der Waals surface area (Å²) in [6.07, 6.45) is 1.97. The predicted molar refractivity (Wildman–Crippen MR) is 129 cm³/mol. The maximum Gasteiger partial charge on any atom is 0.246 e. The number of nitrogens with zero attached hydrogens (tertiary/aromatic N) is 4. The van der Waals surface area contributed by atoms with Crippen LogP contribution in [-0.4, -0.2) is 52.7 Å². The van der Waals surface area contributed by atoms with Crippen LogP contribution in [0.1, 0.15) is 24.7 Å². The average molecular weight is 468 g/mol. The van der Waals surface area contributed by atoms with Gasteiger partial charge in [-0.1, -0.05) is 13.0 Å². The van der Waals surface area contributed by atoms with Crippen LogP contribution in [0.2, 0.25) is 0 Å². The Kier molecular flexibility index (Phi) is 5.99. The Morgan fingerprint density at radius 2 is 2.12 bits per heavy atom. The van der Waals surface area contributed by atoms with E-state index in [9.17, 15) is 14.3 Å². The third kappa shape index (κ3) is 4.30. The van der Waals surface area contributed by atoms with Crippen molar-refractivity contribution in [1.29, 1.82) is 0 Å². The molecule has 9 heteroatoms. The first-order valence-electron chi connectivity index (χ1n) is 11.2. The fraction of sp³-hybridized carbons (Fsp3) is 0.375. The molecule has 2 aromatic carbocycles. The van der Waals surface area contributed by atoms with Gasteiger partial charge in [0.15, 0.2) is 0 Å². The second-order valence-electron chi connectivity index (χ2n) is 8.38. The molecule has 5 rings (SSSR count). The summed E-state index contributed by atoms with van der Waals surface area (Å²) in [5, 5.41) is 13.6. The van der Waals surface area contributed by atoms with Crippen LogP contribution in [0.4, 0.5) is 21.5 Å². The number of halogens is 1. The number of nitrogens with one attached hydrogen (secondary N) is 1. The SMILES string of the molecule is CCc1nsc(-c2ccc(F)c(NCC(=O)N3CCc4c(N5CCC(O)C5)cccc43)c2)n1. The Hall–Kier alpha value is -3.04. The number of amides is 1. The molecular formula is C24H26FN5O2S. The Morgan fingerprint density at radius 3 is 2.88 bits per heavy atom. The summed E-state index contributed by atoms with van der Waals surface area (Å²) in [5.41, 5.74) is 4.17. The number of rotatable bonds is 6. The highest BCUT2D eigenvalue weighted by Gasteiger charge is 2.30. The van der Waals surface area contributed by atoms with Crippen LogP contribution in [0.5, 0.6) is 0 Å². The van der Waals surface area contributed by atoms with Crippen LogP contribution >= 0.6 is 11.5 Å².